The predicted octanol–water partition coefficient (Wildman–Crippen LogP) is 2.72. The Balaban J connectivity index is 1.81. The van der Waals surface area contributed by atoms with Crippen LogP contribution in [0.2, 0.25) is 0 Å². The summed E-state index contributed by atoms with van der Waals surface area (Å²) in [5, 5.41) is 12.1. The molecular weight excluding hydrogens is 242 g/mol. The van der Waals surface area contributed by atoms with Crippen LogP contribution in [0.5, 0.6) is 0 Å². The van der Waals surface area contributed by atoms with Gasteiger partial charge in [-0.2, -0.15) is 0 Å². The Morgan fingerprint density at radius 1 is 1.26 bits per heavy atom. The van der Waals surface area contributed by atoms with Gasteiger partial charge in [-0.3, -0.25) is 9.59 Å². The summed E-state index contributed by atoms with van der Waals surface area (Å²) < 4.78 is 0. The smallest absolute Gasteiger partial charge is 0.303 e. The molecule has 1 amide bonds. The zero-order valence-corrected chi connectivity index (χ0v) is 11.8. The van der Waals surface area contributed by atoms with Crippen LogP contribution in [0.15, 0.2) is 0 Å². The Hall–Kier alpha value is -1.06. The highest BCUT2D eigenvalue weighted by atomic mass is 16.4. The van der Waals surface area contributed by atoms with Crippen molar-refractivity contribution >= 4 is 11.9 Å². The second kappa shape index (κ2) is 5.93. The Labute approximate surface area is 115 Å². The molecule has 2 unspecified atom stereocenters. The summed E-state index contributed by atoms with van der Waals surface area (Å²) in [5.41, 5.74) is -0.273. The number of aliphatic carboxylic acids is 1. The van der Waals surface area contributed by atoms with Crippen LogP contribution < -0.4 is 5.32 Å². The van der Waals surface area contributed by atoms with E-state index in [1.165, 1.54) is 12.8 Å². The molecule has 0 spiro atoms. The Morgan fingerprint density at radius 2 is 1.95 bits per heavy atom. The first kappa shape index (κ1) is 14.4. The summed E-state index contributed by atoms with van der Waals surface area (Å²) in [4.78, 5) is 23.1. The SMILES string of the molecule is CCCC1CC1NC(=O)CC1(CC(=O)O)CCCC1. The number of carboxylic acids is 1. The first-order valence-corrected chi connectivity index (χ1v) is 7.56. The van der Waals surface area contributed by atoms with Gasteiger partial charge in [0.05, 0.1) is 6.42 Å². The lowest BCUT2D eigenvalue weighted by Gasteiger charge is -2.26. The normalized spacial score (nSPS) is 28.1. The number of hydrogen-bond acceptors (Lipinski definition) is 2. The molecule has 0 heterocycles. The average Bonchev–Trinajstić information content (AvgIpc) is 2.86. The summed E-state index contributed by atoms with van der Waals surface area (Å²) in [6, 6.07) is 0.357. The van der Waals surface area contributed by atoms with E-state index in [0.717, 1.165) is 32.1 Å². The van der Waals surface area contributed by atoms with Crippen molar-refractivity contribution < 1.29 is 14.7 Å². The highest BCUT2D eigenvalue weighted by Crippen LogP contribution is 2.44. The van der Waals surface area contributed by atoms with Crippen molar-refractivity contribution in [1.29, 1.82) is 0 Å². The van der Waals surface area contributed by atoms with Gasteiger partial charge in [0.2, 0.25) is 5.91 Å². The van der Waals surface area contributed by atoms with Crippen molar-refractivity contribution in [2.45, 2.75) is 70.8 Å². The summed E-state index contributed by atoms with van der Waals surface area (Å²) >= 11 is 0. The molecule has 4 heteroatoms. The number of carbonyl (C=O) groups is 2. The number of amides is 1. The van der Waals surface area contributed by atoms with E-state index in [4.69, 9.17) is 5.11 Å². The molecule has 0 aromatic carbocycles. The maximum Gasteiger partial charge on any atom is 0.303 e. The lowest BCUT2D eigenvalue weighted by atomic mass is 9.79. The predicted molar refractivity (Wildman–Crippen MR) is 72.7 cm³/mol. The van der Waals surface area contributed by atoms with E-state index in [0.29, 0.717) is 18.4 Å². The first-order valence-electron chi connectivity index (χ1n) is 7.56. The quantitative estimate of drug-likeness (QED) is 0.745. The Morgan fingerprint density at radius 3 is 2.53 bits per heavy atom. The summed E-state index contributed by atoms with van der Waals surface area (Å²) in [6.07, 6.45) is 7.88. The average molecular weight is 267 g/mol. The van der Waals surface area contributed by atoms with E-state index in [1.807, 2.05) is 0 Å². The molecule has 0 saturated heterocycles. The van der Waals surface area contributed by atoms with Gasteiger partial charge >= 0.3 is 5.97 Å². The highest BCUT2D eigenvalue weighted by molar-refractivity contribution is 5.78. The molecule has 2 aliphatic carbocycles. The van der Waals surface area contributed by atoms with Crippen molar-refractivity contribution in [2.75, 3.05) is 0 Å². The van der Waals surface area contributed by atoms with Gasteiger partial charge in [0.1, 0.15) is 0 Å². The molecule has 2 aliphatic rings. The molecule has 0 aromatic heterocycles. The van der Waals surface area contributed by atoms with Crippen molar-refractivity contribution in [3.8, 4) is 0 Å². The van der Waals surface area contributed by atoms with Crippen molar-refractivity contribution in [2.24, 2.45) is 11.3 Å². The lowest BCUT2D eigenvalue weighted by Crippen LogP contribution is -2.33. The molecule has 2 rings (SSSR count). The zero-order chi connectivity index (χ0) is 13.9. The summed E-state index contributed by atoms with van der Waals surface area (Å²) in [7, 11) is 0. The Bertz CT molecular complexity index is 347. The molecular formula is C15H25NO3. The molecule has 0 bridgehead atoms. The van der Waals surface area contributed by atoms with Gasteiger partial charge in [-0.15, -0.1) is 0 Å². The monoisotopic (exact) mass is 267 g/mol. The third kappa shape index (κ3) is 3.95. The molecule has 0 aliphatic heterocycles. The number of rotatable bonds is 7. The number of carbonyl (C=O) groups excluding carboxylic acids is 1. The summed E-state index contributed by atoms with van der Waals surface area (Å²) in [6.45, 7) is 2.16. The lowest BCUT2D eigenvalue weighted by molar-refractivity contribution is -0.140. The number of hydrogen-bond donors (Lipinski definition) is 2. The summed E-state index contributed by atoms with van der Waals surface area (Å²) in [5.74, 6) is -0.0512. The van der Waals surface area contributed by atoms with Gasteiger partial charge in [-0.25, -0.2) is 0 Å². The van der Waals surface area contributed by atoms with Crippen LogP contribution in [0, 0.1) is 11.3 Å². The van der Waals surface area contributed by atoms with Crippen molar-refractivity contribution in [3.05, 3.63) is 0 Å². The van der Waals surface area contributed by atoms with Crippen LogP contribution in [-0.4, -0.2) is 23.0 Å². The van der Waals surface area contributed by atoms with E-state index < -0.39 is 5.97 Å². The first-order chi connectivity index (χ1) is 9.04. The maximum atomic E-state index is 12.1. The standard InChI is InChI=1S/C15H25NO3/c1-2-5-11-8-12(11)16-13(17)9-15(10-14(18)19)6-3-4-7-15/h11-12H,2-10H2,1H3,(H,16,17)(H,18,19). The van der Waals surface area contributed by atoms with Crippen LogP contribution in [-0.2, 0) is 9.59 Å². The van der Waals surface area contributed by atoms with E-state index in [1.54, 1.807) is 0 Å². The molecule has 19 heavy (non-hydrogen) atoms. The van der Waals surface area contributed by atoms with Gasteiger partial charge in [0, 0.05) is 12.5 Å². The van der Waals surface area contributed by atoms with Crippen molar-refractivity contribution in [3.63, 3.8) is 0 Å². The fourth-order valence-electron chi connectivity index (χ4n) is 3.57. The van der Waals surface area contributed by atoms with Crippen LogP contribution in [0.1, 0.15) is 64.7 Å². The van der Waals surface area contributed by atoms with Gasteiger partial charge < -0.3 is 10.4 Å². The minimum atomic E-state index is -0.773. The molecule has 2 atom stereocenters. The molecule has 2 fully saturated rings. The minimum absolute atomic E-state index is 0.0618. The van der Waals surface area contributed by atoms with Gasteiger partial charge in [0.25, 0.3) is 0 Å². The van der Waals surface area contributed by atoms with E-state index in [2.05, 4.69) is 12.2 Å². The van der Waals surface area contributed by atoms with Crippen LogP contribution in [0.25, 0.3) is 0 Å². The maximum absolute atomic E-state index is 12.1. The highest BCUT2D eigenvalue weighted by Gasteiger charge is 2.41. The van der Waals surface area contributed by atoms with Gasteiger partial charge in [-0.1, -0.05) is 26.2 Å². The molecule has 2 N–H and O–H groups in total. The second-order valence-corrected chi connectivity index (χ2v) is 6.41. The largest absolute Gasteiger partial charge is 0.481 e. The molecule has 4 nitrogen and oxygen atoms in total. The van der Waals surface area contributed by atoms with Gasteiger partial charge in [-0.05, 0) is 37.0 Å². The van der Waals surface area contributed by atoms with Crippen LogP contribution in [0.3, 0.4) is 0 Å². The topological polar surface area (TPSA) is 66.4 Å². The number of nitrogens with one attached hydrogen (secondary N) is 1. The third-order valence-corrected chi connectivity index (χ3v) is 4.65. The second-order valence-electron chi connectivity index (χ2n) is 6.41. The third-order valence-electron chi connectivity index (χ3n) is 4.65. The van der Waals surface area contributed by atoms with Gasteiger partial charge in [0.15, 0.2) is 0 Å². The zero-order valence-electron chi connectivity index (χ0n) is 11.8. The Kier molecular flexibility index (Phi) is 4.48. The van der Waals surface area contributed by atoms with Crippen molar-refractivity contribution in [1.82, 2.24) is 5.32 Å². The van der Waals surface area contributed by atoms with E-state index >= 15 is 0 Å². The molecule has 2 saturated carbocycles. The molecule has 0 radical (unpaired) electrons. The fourth-order valence-corrected chi connectivity index (χ4v) is 3.57. The van der Waals surface area contributed by atoms with Crippen LogP contribution in [0.4, 0.5) is 0 Å². The minimum Gasteiger partial charge on any atom is -0.481 e. The fraction of sp³-hybridized carbons (Fsp3) is 0.867. The molecule has 0 aromatic rings. The van der Waals surface area contributed by atoms with E-state index in [-0.39, 0.29) is 17.7 Å². The molecule has 108 valence electrons. The number of carboxylic acid groups (broad SMARTS) is 1. The van der Waals surface area contributed by atoms with E-state index in [9.17, 15) is 9.59 Å². The van der Waals surface area contributed by atoms with Crippen LogP contribution >= 0.6 is 0 Å².